The number of rotatable bonds is 3. The monoisotopic (exact) mass is 256 g/mol. The molecule has 1 aromatic heterocycles. The maximum atomic E-state index is 12.5. The molecule has 0 saturated heterocycles. The van der Waals surface area contributed by atoms with Crippen LogP contribution in [0.4, 0.5) is 8.78 Å². The van der Waals surface area contributed by atoms with Gasteiger partial charge < -0.3 is 4.74 Å². The lowest BCUT2D eigenvalue weighted by molar-refractivity contribution is 0.145. The molecule has 0 aliphatic rings. The fourth-order valence-electron chi connectivity index (χ4n) is 1.47. The van der Waals surface area contributed by atoms with Gasteiger partial charge in [-0.3, -0.25) is 5.10 Å². The van der Waals surface area contributed by atoms with Crippen LogP contribution in [0.1, 0.15) is 12.1 Å². The van der Waals surface area contributed by atoms with Crippen molar-refractivity contribution in [3.05, 3.63) is 40.7 Å². The highest BCUT2D eigenvalue weighted by Gasteiger charge is 2.11. The van der Waals surface area contributed by atoms with Gasteiger partial charge in [0.05, 0.1) is 12.8 Å². The van der Waals surface area contributed by atoms with E-state index < -0.39 is 6.43 Å². The van der Waals surface area contributed by atoms with E-state index in [1.165, 1.54) is 17.9 Å². The van der Waals surface area contributed by atoms with Crippen molar-refractivity contribution in [3.63, 3.8) is 0 Å². The van der Waals surface area contributed by atoms with Gasteiger partial charge >= 0.3 is 0 Å². The highest BCUT2D eigenvalue weighted by molar-refractivity contribution is 7.71. The summed E-state index contributed by atoms with van der Waals surface area (Å²) in [5.74, 6) is 0.637. The number of hydrogen-bond donors (Lipinski definition) is 1. The van der Waals surface area contributed by atoms with Crippen molar-refractivity contribution in [3.8, 4) is 11.4 Å². The number of nitrogens with one attached hydrogen (secondary N) is 1. The standard InChI is InChI=1S/C11H10F2N2OS/c1-16-8-4-2-3-7(5-8)15-10(17)6-9(14-15)11(12)13/h2-6,11,14H,1H3. The van der Waals surface area contributed by atoms with Gasteiger partial charge in [0.1, 0.15) is 16.1 Å². The Morgan fingerprint density at radius 1 is 1.35 bits per heavy atom. The fourth-order valence-corrected chi connectivity index (χ4v) is 1.75. The molecule has 1 N–H and O–H groups in total. The normalized spacial score (nSPS) is 10.8. The van der Waals surface area contributed by atoms with E-state index in [1.807, 2.05) is 0 Å². The molecule has 3 nitrogen and oxygen atoms in total. The summed E-state index contributed by atoms with van der Waals surface area (Å²) in [5.41, 5.74) is 0.457. The molecule has 0 bridgehead atoms. The van der Waals surface area contributed by atoms with Gasteiger partial charge in [-0.05, 0) is 12.1 Å². The molecule has 1 heterocycles. The maximum absolute atomic E-state index is 12.5. The summed E-state index contributed by atoms with van der Waals surface area (Å²) < 4.78 is 31.8. The van der Waals surface area contributed by atoms with Crippen LogP contribution < -0.4 is 4.74 Å². The zero-order chi connectivity index (χ0) is 12.4. The molecule has 2 aromatic rings. The van der Waals surface area contributed by atoms with Crippen LogP contribution in [-0.4, -0.2) is 16.9 Å². The average molecular weight is 256 g/mol. The van der Waals surface area contributed by atoms with Crippen molar-refractivity contribution >= 4 is 12.2 Å². The molecular formula is C11H10F2N2OS. The van der Waals surface area contributed by atoms with Crippen molar-refractivity contribution in [2.24, 2.45) is 0 Å². The molecular weight excluding hydrogens is 246 g/mol. The molecule has 0 aliphatic carbocycles. The summed E-state index contributed by atoms with van der Waals surface area (Å²) in [6.45, 7) is 0. The summed E-state index contributed by atoms with van der Waals surface area (Å²) in [6, 6.07) is 8.24. The van der Waals surface area contributed by atoms with Gasteiger partial charge in [0.25, 0.3) is 6.43 Å². The largest absolute Gasteiger partial charge is 0.497 e. The smallest absolute Gasteiger partial charge is 0.279 e. The number of halogens is 2. The van der Waals surface area contributed by atoms with Gasteiger partial charge in [-0.1, -0.05) is 18.3 Å². The predicted molar refractivity (Wildman–Crippen MR) is 62.5 cm³/mol. The topological polar surface area (TPSA) is 29.9 Å². The number of methoxy groups -OCH3 is 1. The van der Waals surface area contributed by atoms with E-state index in [1.54, 1.807) is 24.3 Å². The van der Waals surface area contributed by atoms with Crippen LogP contribution in [0.5, 0.6) is 5.75 Å². The van der Waals surface area contributed by atoms with Crippen LogP contribution in [0.25, 0.3) is 5.69 Å². The Hall–Kier alpha value is -1.69. The van der Waals surface area contributed by atoms with E-state index in [9.17, 15) is 8.78 Å². The second kappa shape index (κ2) is 4.67. The van der Waals surface area contributed by atoms with Crippen LogP contribution in [0.15, 0.2) is 30.3 Å². The number of H-pyrrole nitrogens is 1. The van der Waals surface area contributed by atoms with Gasteiger partial charge in [-0.2, -0.15) is 0 Å². The SMILES string of the molecule is COc1cccc(-n2[nH]c(C(F)F)cc2=S)c1. The Balaban J connectivity index is 2.49. The molecule has 0 fully saturated rings. The lowest BCUT2D eigenvalue weighted by Crippen LogP contribution is -1.98. The number of benzene rings is 1. The number of aromatic nitrogens is 2. The van der Waals surface area contributed by atoms with Crippen molar-refractivity contribution in [1.82, 2.24) is 9.78 Å². The van der Waals surface area contributed by atoms with E-state index in [2.05, 4.69) is 5.10 Å². The number of ether oxygens (including phenoxy) is 1. The molecule has 0 aliphatic heterocycles. The highest BCUT2D eigenvalue weighted by atomic mass is 32.1. The summed E-state index contributed by atoms with van der Waals surface area (Å²) in [6.07, 6.45) is -2.57. The Kier molecular flexibility index (Phi) is 3.23. The van der Waals surface area contributed by atoms with Crippen LogP contribution >= 0.6 is 12.2 Å². The molecule has 0 saturated carbocycles. The molecule has 17 heavy (non-hydrogen) atoms. The van der Waals surface area contributed by atoms with Gasteiger partial charge in [0, 0.05) is 12.1 Å². The van der Waals surface area contributed by atoms with Gasteiger partial charge in [0.2, 0.25) is 0 Å². The van der Waals surface area contributed by atoms with E-state index in [-0.39, 0.29) is 5.69 Å². The third kappa shape index (κ3) is 2.36. The summed E-state index contributed by atoms with van der Waals surface area (Å²) >= 11 is 5.01. The number of aromatic amines is 1. The molecule has 1 aromatic carbocycles. The van der Waals surface area contributed by atoms with E-state index in [0.717, 1.165) is 0 Å². The Labute approximate surface area is 102 Å². The molecule has 0 spiro atoms. The molecule has 0 atom stereocenters. The Morgan fingerprint density at radius 3 is 2.71 bits per heavy atom. The van der Waals surface area contributed by atoms with Crippen LogP contribution in [-0.2, 0) is 0 Å². The van der Waals surface area contributed by atoms with Crippen molar-refractivity contribution in [1.29, 1.82) is 0 Å². The van der Waals surface area contributed by atoms with Gasteiger partial charge in [-0.25, -0.2) is 13.5 Å². The molecule has 0 unspecified atom stereocenters. The maximum Gasteiger partial charge on any atom is 0.279 e. The first-order chi connectivity index (χ1) is 8.11. The molecule has 6 heteroatoms. The van der Waals surface area contributed by atoms with E-state index >= 15 is 0 Å². The van der Waals surface area contributed by atoms with Crippen molar-refractivity contribution in [2.75, 3.05) is 7.11 Å². The third-order valence-electron chi connectivity index (χ3n) is 2.29. The summed E-state index contributed by atoms with van der Waals surface area (Å²) in [4.78, 5) is 0. The first-order valence-electron chi connectivity index (χ1n) is 4.86. The number of nitrogens with zero attached hydrogens (tertiary/aromatic N) is 1. The van der Waals surface area contributed by atoms with Crippen LogP contribution in [0, 0.1) is 4.64 Å². The van der Waals surface area contributed by atoms with E-state index in [0.29, 0.717) is 16.1 Å². The molecule has 2 rings (SSSR count). The lowest BCUT2D eigenvalue weighted by atomic mass is 10.3. The van der Waals surface area contributed by atoms with Gasteiger partial charge in [0.15, 0.2) is 0 Å². The highest BCUT2D eigenvalue weighted by Crippen LogP contribution is 2.21. The summed E-state index contributed by atoms with van der Waals surface area (Å²) in [7, 11) is 1.54. The Bertz CT molecular complexity index is 577. The average Bonchev–Trinajstić information content (AvgIpc) is 2.72. The van der Waals surface area contributed by atoms with Crippen LogP contribution in [0.3, 0.4) is 0 Å². The fraction of sp³-hybridized carbons (Fsp3) is 0.182. The quantitative estimate of drug-likeness (QED) is 0.852. The van der Waals surface area contributed by atoms with Gasteiger partial charge in [-0.15, -0.1) is 0 Å². The minimum absolute atomic E-state index is 0.196. The number of alkyl halides is 2. The Morgan fingerprint density at radius 2 is 2.12 bits per heavy atom. The van der Waals surface area contributed by atoms with E-state index in [4.69, 9.17) is 17.0 Å². The van der Waals surface area contributed by atoms with Crippen molar-refractivity contribution in [2.45, 2.75) is 6.43 Å². The van der Waals surface area contributed by atoms with Crippen LogP contribution in [0.2, 0.25) is 0 Å². The predicted octanol–water partition coefficient (Wildman–Crippen LogP) is 3.48. The second-order valence-corrected chi connectivity index (χ2v) is 3.81. The lowest BCUT2D eigenvalue weighted by Gasteiger charge is -2.05. The third-order valence-corrected chi connectivity index (χ3v) is 2.59. The molecule has 90 valence electrons. The zero-order valence-corrected chi connectivity index (χ0v) is 9.80. The molecule has 0 radical (unpaired) electrons. The molecule has 0 amide bonds. The first kappa shape index (κ1) is 11.8. The summed E-state index contributed by atoms with van der Waals surface area (Å²) in [5, 5.41) is 2.56. The minimum Gasteiger partial charge on any atom is -0.497 e. The first-order valence-corrected chi connectivity index (χ1v) is 5.27. The zero-order valence-electron chi connectivity index (χ0n) is 8.98. The van der Waals surface area contributed by atoms with Crippen molar-refractivity contribution < 1.29 is 13.5 Å². The minimum atomic E-state index is -2.57. The number of hydrogen-bond acceptors (Lipinski definition) is 2. The second-order valence-electron chi connectivity index (χ2n) is 3.39.